The summed E-state index contributed by atoms with van der Waals surface area (Å²) in [6.45, 7) is 1.95. The summed E-state index contributed by atoms with van der Waals surface area (Å²) in [4.78, 5) is 26.7. The van der Waals surface area contributed by atoms with Crippen LogP contribution in [0.2, 0.25) is 5.02 Å². The molecule has 3 rings (SSSR count). The van der Waals surface area contributed by atoms with E-state index in [4.69, 9.17) is 11.6 Å². The molecule has 0 aliphatic carbocycles. The number of nitrogens with zero attached hydrogens (tertiary/aromatic N) is 6. The van der Waals surface area contributed by atoms with Crippen molar-refractivity contribution >= 4 is 29.3 Å². The zero-order valence-corrected chi connectivity index (χ0v) is 16.1. The first-order valence-corrected chi connectivity index (χ1v) is 9.40. The minimum atomic E-state index is -0.249. The topological polar surface area (TPSA) is 76.8 Å². The number of hydrogen-bond acceptors (Lipinski definition) is 6. The number of aromatic nitrogens is 5. The quantitative estimate of drug-likeness (QED) is 0.493. The molecule has 7 nitrogen and oxygen atoms in total. The summed E-state index contributed by atoms with van der Waals surface area (Å²) in [5, 5.41) is 4.85. The minimum Gasteiger partial charge on any atom is -0.334 e. The summed E-state index contributed by atoms with van der Waals surface area (Å²) in [6, 6.07) is 7.63. The number of halogens is 1. The van der Waals surface area contributed by atoms with Crippen LogP contribution in [-0.4, -0.2) is 48.8 Å². The smallest absolute Gasteiger partial charge is 0.274 e. The first kappa shape index (κ1) is 18.3. The van der Waals surface area contributed by atoms with Crippen LogP contribution in [0.3, 0.4) is 0 Å². The highest BCUT2D eigenvalue weighted by Crippen LogP contribution is 2.24. The Kier molecular flexibility index (Phi) is 5.53. The van der Waals surface area contributed by atoms with Crippen molar-refractivity contribution < 1.29 is 4.79 Å². The Morgan fingerprint density at radius 3 is 2.65 bits per heavy atom. The molecule has 0 bridgehead atoms. The molecule has 3 aromatic rings. The summed E-state index contributed by atoms with van der Waals surface area (Å²) < 4.78 is 1.67. The van der Waals surface area contributed by atoms with Gasteiger partial charge in [0, 0.05) is 7.05 Å². The number of hydrogen-bond donors (Lipinski definition) is 0. The van der Waals surface area contributed by atoms with Crippen molar-refractivity contribution in [3.63, 3.8) is 0 Å². The molecule has 1 unspecified atom stereocenters. The molecular formula is C17H17ClN6OS. The Bertz CT molecular complexity index is 900. The van der Waals surface area contributed by atoms with Crippen molar-refractivity contribution in [3.05, 3.63) is 59.4 Å². The Labute approximate surface area is 160 Å². The molecule has 0 aliphatic heterocycles. The van der Waals surface area contributed by atoms with Crippen LogP contribution in [0.4, 0.5) is 0 Å². The third kappa shape index (κ3) is 3.71. The van der Waals surface area contributed by atoms with Crippen LogP contribution >= 0.6 is 23.4 Å². The lowest BCUT2D eigenvalue weighted by atomic mass is 10.1. The average Bonchev–Trinajstić information content (AvgIpc) is 3.21. The van der Waals surface area contributed by atoms with Crippen LogP contribution in [0, 0.1) is 0 Å². The highest BCUT2D eigenvalue weighted by molar-refractivity contribution is 7.98. The third-order valence-corrected chi connectivity index (χ3v) is 4.91. The highest BCUT2D eigenvalue weighted by Gasteiger charge is 2.23. The summed E-state index contributed by atoms with van der Waals surface area (Å²) in [7, 11) is 1.73. The molecule has 0 N–H and O–H groups in total. The summed E-state index contributed by atoms with van der Waals surface area (Å²) in [5.74, 6) is -0.249. The van der Waals surface area contributed by atoms with Gasteiger partial charge in [-0.25, -0.2) is 19.6 Å². The largest absolute Gasteiger partial charge is 0.334 e. The van der Waals surface area contributed by atoms with Crippen LogP contribution in [0.25, 0.3) is 5.69 Å². The van der Waals surface area contributed by atoms with Gasteiger partial charge in [0.05, 0.1) is 22.9 Å². The molecule has 0 spiro atoms. The van der Waals surface area contributed by atoms with Crippen molar-refractivity contribution in [1.82, 2.24) is 29.6 Å². The fourth-order valence-electron chi connectivity index (χ4n) is 2.41. The maximum Gasteiger partial charge on any atom is 0.274 e. The fraction of sp³-hybridized carbons (Fsp3) is 0.235. The van der Waals surface area contributed by atoms with E-state index in [1.165, 1.54) is 24.3 Å². The number of benzene rings is 1. The number of carbonyl (C=O) groups is 1. The zero-order chi connectivity index (χ0) is 18.7. The average molecular weight is 389 g/mol. The van der Waals surface area contributed by atoms with Gasteiger partial charge >= 0.3 is 0 Å². The number of carbonyl (C=O) groups excluding carboxylic acids is 1. The molecule has 26 heavy (non-hydrogen) atoms. The van der Waals surface area contributed by atoms with E-state index in [1.54, 1.807) is 23.0 Å². The second-order valence-corrected chi connectivity index (χ2v) is 6.76. The van der Waals surface area contributed by atoms with Crippen LogP contribution < -0.4 is 0 Å². The second-order valence-electron chi connectivity index (χ2n) is 5.58. The molecule has 1 aromatic carbocycles. The van der Waals surface area contributed by atoms with E-state index in [2.05, 4.69) is 20.1 Å². The molecular weight excluding hydrogens is 372 g/mol. The molecule has 134 valence electrons. The number of rotatable bonds is 5. The maximum absolute atomic E-state index is 12.8. The lowest BCUT2D eigenvalue weighted by Gasteiger charge is -2.25. The van der Waals surface area contributed by atoms with Crippen molar-refractivity contribution in [2.24, 2.45) is 0 Å². The van der Waals surface area contributed by atoms with E-state index in [0.717, 1.165) is 11.3 Å². The zero-order valence-electron chi connectivity index (χ0n) is 14.5. The Morgan fingerprint density at radius 1 is 1.31 bits per heavy atom. The molecule has 0 radical (unpaired) electrons. The lowest BCUT2D eigenvalue weighted by Crippen LogP contribution is -2.30. The molecule has 0 aliphatic rings. The van der Waals surface area contributed by atoms with Gasteiger partial charge in [0.15, 0.2) is 10.9 Å². The van der Waals surface area contributed by atoms with Gasteiger partial charge in [0.2, 0.25) is 0 Å². The molecule has 9 heteroatoms. The molecule has 0 fully saturated rings. The van der Waals surface area contributed by atoms with Gasteiger partial charge in [0.1, 0.15) is 12.7 Å². The minimum absolute atomic E-state index is 0.156. The van der Waals surface area contributed by atoms with Gasteiger partial charge in [-0.15, -0.1) is 0 Å². The summed E-state index contributed by atoms with van der Waals surface area (Å²) >= 11 is 7.48. The Hall–Kier alpha value is -2.45. The van der Waals surface area contributed by atoms with Crippen molar-refractivity contribution in [3.8, 4) is 5.69 Å². The Morgan fingerprint density at radius 2 is 2.04 bits per heavy atom. The van der Waals surface area contributed by atoms with Gasteiger partial charge < -0.3 is 4.90 Å². The van der Waals surface area contributed by atoms with E-state index in [9.17, 15) is 4.79 Å². The van der Waals surface area contributed by atoms with Gasteiger partial charge in [-0.1, -0.05) is 35.5 Å². The van der Waals surface area contributed by atoms with Crippen LogP contribution in [0.5, 0.6) is 0 Å². The lowest BCUT2D eigenvalue weighted by molar-refractivity contribution is 0.0736. The SMILES string of the molecule is CSc1ncc(Cl)c(C(=O)N(C)C(C)c2ccc(-n3cncn3)cc2)n1. The van der Waals surface area contributed by atoms with E-state index in [-0.39, 0.29) is 22.7 Å². The summed E-state index contributed by atoms with van der Waals surface area (Å²) in [5.41, 5.74) is 2.09. The number of amides is 1. The van der Waals surface area contributed by atoms with Gasteiger partial charge in [-0.05, 0) is 30.9 Å². The normalized spacial score (nSPS) is 12.0. The van der Waals surface area contributed by atoms with Crippen molar-refractivity contribution in [1.29, 1.82) is 0 Å². The summed E-state index contributed by atoms with van der Waals surface area (Å²) in [6.07, 6.45) is 6.42. The molecule has 0 saturated heterocycles. The van der Waals surface area contributed by atoms with Gasteiger partial charge in [0.25, 0.3) is 5.91 Å². The van der Waals surface area contributed by atoms with Gasteiger partial charge in [-0.2, -0.15) is 5.10 Å². The fourth-order valence-corrected chi connectivity index (χ4v) is 2.93. The highest BCUT2D eigenvalue weighted by atomic mass is 35.5. The van der Waals surface area contributed by atoms with E-state index in [0.29, 0.717) is 5.16 Å². The van der Waals surface area contributed by atoms with Crippen molar-refractivity contribution in [2.45, 2.75) is 18.1 Å². The predicted octanol–water partition coefficient (Wildman–Crippen LogP) is 3.27. The second kappa shape index (κ2) is 7.84. The monoisotopic (exact) mass is 388 g/mol. The number of thioether (sulfide) groups is 1. The van der Waals surface area contributed by atoms with E-state index in [1.807, 2.05) is 37.4 Å². The predicted molar refractivity (Wildman–Crippen MR) is 101 cm³/mol. The van der Waals surface area contributed by atoms with Crippen LogP contribution in [0.1, 0.15) is 29.0 Å². The van der Waals surface area contributed by atoms with Gasteiger partial charge in [-0.3, -0.25) is 4.79 Å². The Balaban J connectivity index is 1.81. The van der Waals surface area contributed by atoms with Crippen LogP contribution in [0.15, 0.2) is 48.3 Å². The molecule has 0 saturated carbocycles. The standard InChI is InChI=1S/C17H17ClN6OS/c1-11(12-4-6-13(7-5-12)24-10-19-9-21-24)23(2)16(25)15-14(18)8-20-17(22-15)26-3/h4-11H,1-3H3. The molecule has 2 aromatic heterocycles. The molecule has 1 amide bonds. The first-order valence-electron chi connectivity index (χ1n) is 7.80. The van der Waals surface area contributed by atoms with Crippen LogP contribution in [-0.2, 0) is 0 Å². The third-order valence-electron chi connectivity index (χ3n) is 4.07. The van der Waals surface area contributed by atoms with E-state index >= 15 is 0 Å². The van der Waals surface area contributed by atoms with Crippen molar-refractivity contribution in [2.75, 3.05) is 13.3 Å². The maximum atomic E-state index is 12.8. The first-order chi connectivity index (χ1) is 12.5. The molecule has 1 atom stereocenters. The van der Waals surface area contributed by atoms with E-state index < -0.39 is 0 Å². The molecule has 2 heterocycles.